The summed E-state index contributed by atoms with van der Waals surface area (Å²) in [6.07, 6.45) is 1.76. The predicted molar refractivity (Wildman–Crippen MR) is 76.9 cm³/mol. The fraction of sp³-hybridized carbons (Fsp3) is 0.571. The summed E-state index contributed by atoms with van der Waals surface area (Å²) < 4.78 is 31.5. The minimum Gasteiger partial charge on any atom is -0.300 e. The minimum atomic E-state index is -4.11. The predicted octanol–water partition coefficient (Wildman–Crippen LogP) is 2.73. The second-order valence-electron chi connectivity index (χ2n) is 4.62. The van der Waals surface area contributed by atoms with E-state index in [9.17, 15) is 8.42 Å². The normalized spacial score (nSPS) is 12.1. The van der Waals surface area contributed by atoms with Gasteiger partial charge >= 0.3 is 0 Å². The van der Waals surface area contributed by atoms with E-state index in [1.165, 1.54) is 6.07 Å². The third-order valence-corrected chi connectivity index (χ3v) is 4.13. The molecule has 0 spiro atoms. The molecule has 0 unspecified atom stereocenters. The fourth-order valence-corrected chi connectivity index (χ4v) is 2.64. The molecule has 0 fully saturated rings. The van der Waals surface area contributed by atoms with Crippen molar-refractivity contribution >= 4 is 10.1 Å². The van der Waals surface area contributed by atoms with Gasteiger partial charge in [0.2, 0.25) is 0 Å². The van der Waals surface area contributed by atoms with Gasteiger partial charge in [-0.2, -0.15) is 8.42 Å². The Labute approximate surface area is 116 Å². The van der Waals surface area contributed by atoms with Crippen molar-refractivity contribution in [3.8, 4) is 0 Å². The van der Waals surface area contributed by atoms with Gasteiger partial charge in [-0.3, -0.25) is 9.45 Å². The van der Waals surface area contributed by atoms with Gasteiger partial charge < -0.3 is 0 Å². The van der Waals surface area contributed by atoms with Gasteiger partial charge in [-0.15, -0.1) is 0 Å². The van der Waals surface area contributed by atoms with Crippen LogP contribution in [-0.4, -0.2) is 31.0 Å². The molecule has 0 saturated heterocycles. The zero-order valence-electron chi connectivity index (χ0n) is 11.9. The highest BCUT2D eigenvalue weighted by atomic mass is 32.2. The quantitative estimate of drug-likeness (QED) is 0.783. The van der Waals surface area contributed by atoms with Crippen LogP contribution in [-0.2, 0) is 23.1 Å². The molecule has 0 atom stereocenters. The fourth-order valence-electron chi connectivity index (χ4n) is 2.11. The van der Waals surface area contributed by atoms with E-state index in [4.69, 9.17) is 4.55 Å². The second-order valence-corrected chi connectivity index (χ2v) is 6.04. The molecule has 1 aromatic carbocycles. The summed E-state index contributed by atoms with van der Waals surface area (Å²) in [5.74, 6) is 0. The van der Waals surface area contributed by atoms with Gasteiger partial charge in [0.05, 0.1) is 4.90 Å². The molecule has 1 rings (SSSR count). The van der Waals surface area contributed by atoms with Gasteiger partial charge in [-0.05, 0) is 42.8 Å². The lowest BCUT2D eigenvalue weighted by atomic mass is 10.0. The van der Waals surface area contributed by atoms with Crippen LogP contribution in [0.2, 0.25) is 0 Å². The van der Waals surface area contributed by atoms with Gasteiger partial charge in [0.15, 0.2) is 0 Å². The smallest absolute Gasteiger partial charge is 0.294 e. The van der Waals surface area contributed by atoms with Crippen molar-refractivity contribution in [3.05, 3.63) is 29.3 Å². The first-order valence-corrected chi connectivity index (χ1v) is 8.18. The molecule has 19 heavy (non-hydrogen) atoms. The van der Waals surface area contributed by atoms with Crippen LogP contribution in [0.4, 0.5) is 0 Å². The standard InChI is InChI=1S/C14H23NO3S/c1-4-7-12-10-14(19(16,17)18)9-8-13(12)11-15(5-2)6-3/h8-10H,4-7,11H2,1-3H3,(H,16,17,18). The molecule has 4 nitrogen and oxygen atoms in total. The van der Waals surface area contributed by atoms with Crippen LogP contribution < -0.4 is 0 Å². The molecule has 0 amide bonds. The molecule has 5 heteroatoms. The first kappa shape index (κ1) is 16.1. The highest BCUT2D eigenvalue weighted by molar-refractivity contribution is 7.85. The van der Waals surface area contributed by atoms with Crippen LogP contribution in [0.3, 0.4) is 0 Å². The van der Waals surface area contributed by atoms with Crippen LogP contribution in [0.25, 0.3) is 0 Å². The van der Waals surface area contributed by atoms with Crippen LogP contribution in [0.1, 0.15) is 38.3 Å². The van der Waals surface area contributed by atoms with Gasteiger partial charge in [0, 0.05) is 6.54 Å². The van der Waals surface area contributed by atoms with Crippen molar-refractivity contribution in [1.82, 2.24) is 4.90 Å². The molecule has 0 heterocycles. The maximum absolute atomic E-state index is 11.2. The Morgan fingerprint density at radius 1 is 1.11 bits per heavy atom. The SMILES string of the molecule is CCCc1cc(S(=O)(=O)O)ccc1CN(CC)CC. The van der Waals surface area contributed by atoms with E-state index in [-0.39, 0.29) is 4.90 Å². The minimum absolute atomic E-state index is 0.0146. The summed E-state index contributed by atoms with van der Waals surface area (Å²) in [7, 11) is -4.11. The highest BCUT2D eigenvalue weighted by Gasteiger charge is 2.13. The summed E-state index contributed by atoms with van der Waals surface area (Å²) >= 11 is 0. The maximum Gasteiger partial charge on any atom is 0.294 e. The largest absolute Gasteiger partial charge is 0.300 e. The number of hydrogen-bond acceptors (Lipinski definition) is 3. The first-order valence-electron chi connectivity index (χ1n) is 6.74. The molecule has 1 N–H and O–H groups in total. The van der Waals surface area contributed by atoms with Crippen LogP contribution >= 0.6 is 0 Å². The lowest BCUT2D eigenvalue weighted by Crippen LogP contribution is -2.23. The van der Waals surface area contributed by atoms with E-state index in [2.05, 4.69) is 25.7 Å². The van der Waals surface area contributed by atoms with Crippen molar-refractivity contribution < 1.29 is 13.0 Å². The molecule has 0 aliphatic carbocycles. The summed E-state index contributed by atoms with van der Waals surface area (Å²) in [6, 6.07) is 4.89. The summed E-state index contributed by atoms with van der Waals surface area (Å²) in [4.78, 5) is 2.26. The van der Waals surface area contributed by atoms with Gasteiger partial charge in [-0.25, -0.2) is 0 Å². The average Bonchev–Trinajstić information content (AvgIpc) is 2.36. The topological polar surface area (TPSA) is 57.6 Å². The lowest BCUT2D eigenvalue weighted by molar-refractivity contribution is 0.295. The first-order chi connectivity index (χ1) is 8.92. The molecule has 108 valence electrons. The van der Waals surface area contributed by atoms with Crippen molar-refractivity contribution in [2.24, 2.45) is 0 Å². The van der Waals surface area contributed by atoms with Gasteiger partial charge in [0.1, 0.15) is 0 Å². The van der Waals surface area contributed by atoms with E-state index in [1.54, 1.807) is 6.07 Å². The zero-order chi connectivity index (χ0) is 14.5. The van der Waals surface area contributed by atoms with E-state index in [0.717, 1.165) is 43.6 Å². The zero-order valence-corrected chi connectivity index (χ0v) is 12.7. The molecule has 0 aliphatic rings. The number of aryl methyl sites for hydroxylation is 1. The van der Waals surface area contributed by atoms with Crippen molar-refractivity contribution in [2.75, 3.05) is 13.1 Å². The van der Waals surface area contributed by atoms with Crippen molar-refractivity contribution in [2.45, 2.75) is 45.1 Å². The second kappa shape index (κ2) is 7.03. The van der Waals surface area contributed by atoms with Gasteiger partial charge in [0.25, 0.3) is 10.1 Å². The summed E-state index contributed by atoms with van der Waals surface area (Å²) in [5, 5.41) is 0. The lowest BCUT2D eigenvalue weighted by Gasteiger charge is -2.20. The Morgan fingerprint density at radius 2 is 1.74 bits per heavy atom. The third-order valence-electron chi connectivity index (χ3n) is 3.28. The van der Waals surface area contributed by atoms with Gasteiger partial charge in [-0.1, -0.05) is 33.3 Å². The van der Waals surface area contributed by atoms with E-state index in [0.29, 0.717) is 0 Å². The Morgan fingerprint density at radius 3 is 2.21 bits per heavy atom. The Balaban J connectivity index is 3.11. The molecular formula is C14H23NO3S. The van der Waals surface area contributed by atoms with E-state index >= 15 is 0 Å². The molecule has 0 saturated carbocycles. The van der Waals surface area contributed by atoms with Crippen LogP contribution in [0.5, 0.6) is 0 Å². The number of hydrogen-bond donors (Lipinski definition) is 1. The summed E-state index contributed by atoms with van der Waals surface area (Å²) in [5.41, 5.74) is 2.14. The number of benzene rings is 1. The van der Waals surface area contributed by atoms with E-state index < -0.39 is 10.1 Å². The highest BCUT2D eigenvalue weighted by Crippen LogP contribution is 2.19. The average molecular weight is 285 g/mol. The van der Waals surface area contributed by atoms with E-state index in [1.807, 2.05) is 6.07 Å². The maximum atomic E-state index is 11.2. The Kier molecular flexibility index (Phi) is 5.97. The van der Waals surface area contributed by atoms with Crippen LogP contribution in [0.15, 0.2) is 23.1 Å². The Hall–Kier alpha value is -0.910. The van der Waals surface area contributed by atoms with Crippen molar-refractivity contribution in [3.63, 3.8) is 0 Å². The van der Waals surface area contributed by atoms with Crippen LogP contribution in [0, 0.1) is 0 Å². The molecule has 1 aromatic rings. The Bertz CT molecular complexity index is 507. The molecule has 0 radical (unpaired) electrons. The molecule has 0 aromatic heterocycles. The monoisotopic (exact) mass is 285 g/mol. The molecule has 0 aliphatic heterocycles. The summed E-state index contributed by atoms with van der Waals surface area (Å²) in [6.45, 7) is 9.00. The molecule has 0 bridgehead atoms. The molecular weight excluding hydrogens is 262 g/mol. The number of nitrogens with zero attached hydrogens (tertiary/aromatic N) is 1. The number of rotatable bonds is 7. The third kappa shape index (κ3) is 4.60. The van der Waals surface area contributed by atoms with Crippen molar-refractivity contribution in [1.29, 1.82) is 0 Å².